The van der Waals surface area contributed by atoms with Crippen LogP contribution in [0.3, 0.4) is 0 Å². The first-order valence-electron chi connectivity index (χ1n) is 19.1. The van der Waals surface area contributed by atoms with Gasteiger partial charge in [0.05, 0.1) is 14.2 Å². The van der Waals surface area contributed by atoms with Crippen molar-refractivity contribution in [1.29, 1.82) is 0 Å². The van der Waals surface area contributed by atoms with Gasteiger partial charge in [-0.05, 0) is 51.5 Å². The molecule has 3 N–H and O–H groups in total. The number of oxime groups is 1. The van der Waals surface area contributed by atoms with Crippen LogP contribution in [0.15, 0.2) is 71.3 Å². The quantitative estimate of drug-likeness (QED) is 0.0366. The standard InChI is InChI=1S/C39H42BClN8O12S2/c1-20(35(53)60-40)61-46-28(27-31(41)63-37(43-27)44-38(55)59-39(2,3)4)32(51)42-29-33(52)49-30(36(54)58-18-21-9-11-23(56-5)12-10-21)22(19-62-34(29)49)16-47-14-7-8-24-25(47)13-15-48(24)17-26(50)45-57-6/h7-15,20,29,34H,16-19,40H2,1-6H3,(H2-,42,43,44,45,50,51,55)/p+1/b46-28-/t20-,29?,34?/m0/s1. The number of pyridine rings is 1. The van der Waals surface area contributed by atoms with Crippen LogP contribution in [0.1, 0.15) is 39.0 Å². The van der Waals surface area contributed by atoms with Crippen molar-refractivity contribution in [2.75, 3.05) is 25.3 Å². The molecule has 24 heteroatoms. The Morgan fingerprint density at radius 1 is 1.11 bits per heavy atom. The predicted molar refractivity (Wildman–Crippen MR) is 231 cm³/mol. The van der Waals surface area contributed by atoms with Crippen molar-refractivity contribution >= 4 is 100 Å². The summed E-state index contributed by atoms with van der Waals surface area (Å²) in [4.78, 5) is 94.9. The second kappa shape index (κ2) is 19.9. The Balaban J connectivity index is 1.28. The zero-order valence-corrected chi connectivity index (χ0v) is 37.5. The zero-order valence-electron chi connectivity index (χ0n) is 35.1. The number of aromatic nitrogens is 3. The maximum absolute atomic E-state index is 14.2. The fourth-order valence-corrected chi connectivity index (χ4v) is 8.73. The van der Waals surface area contributed by atoms with E-state index in [1.807, 2.05) is 22.9 Å². The number of thiazole rings is 1. The van der Waals surface area contributed by atoms with E-state index in [0.29, 0.717) is 16.9 Å². The highest BCUT2D eigenvalue weighted by molar-refractivity contribution is 8.00. The fourth-order valence-electron chi connectivity index (χ4n) is 6.36. The molecule has 4 aromatic rings. The number of carbonyl (C=O) groups is 6. The highest BCUT2D eigenvalue weighted by atomic mass is 35.5. The van der Waals surface area contributed by atoms with Crippen molar-refractivity contribution < 1.29 is 61.9 Å². The average Bonchev–Trinajstić information content (AvgIpc) is 3.82. The summed E-state index contributed by atoms with van der Waals surface area (Å²) in [6.07, 6.45) is 1.47. The maximum Gasteiger partial charge on any atom is 0.413 e. The lowest BCUT2D eigenvalue weighted by Gasteiger charge is -2.49. The fraction of sp³-hybridized carbons (Fsp3) is 0.359. The molecule has 20 nitrogen and oxygen atoms in total. The zero-order chi connectivity index (χ0) is 45.6. The molecule has 63 heavy (non-hydrogen) atoms. The minimum Gasteiger partial charge on any atom is -0.541 e. The Morgan fingerprint density at radius 2 is 1.86 bits per heavy atom. The van der Waals surface area contributed by atoms with Crippen molar-refractivity contribution in [3.8, 4) is 5.75 Å². The molecular formula is C39H43BClN8O12S2+. The summed E-state index contributed by atoms with van der Waals surface area (Å²) in [6, 6.07) is 11.2. The molecule has 3 atom stereocenters. The number of carbonyl (C=O) groups excluding carboxylic acids is 6. The monoisotopic (exact) mass is 925 g/mol. The van der Waals surface area contributed by atoms with Gasteiger partial charge in [-0.25, -0.2) is 24.8 Å². The second-order valence-corrected chi connectivity index (χ2v) is 17.5. The largest absolute Gasteiger partial charge is 0.541 e. The first kappa shape index (κ1) is 46.3. The lowest BCUT2D eigenvalue weighted by molar-refractivity contribution is -0.663. The van der Waals surface area contributed by atoms with Gasteiger partial charge in [0.2, 0.25) is 11.6 Å². The summed E-state index contributed by atoms with van der Waals surface area (Å²) in [6.45, 7) is 6.40. The molecule has 1 fully saturated rings. The van der Waals surface area contributed by atoms with E-state index in [9.17, 15) is 28.8 Å². The molecule has 1 saturated heterocycles. The number of β-lactam (4-membered cyclic amide) rings is 1. The number of hydrogen-bond donors (Lipinski definition) is 3. The molecule has 0 saturated carbocycles. The Morgan fingerprint density at radius 3 is 2.54 bits per heavy atom. The number of hydroxylamine groups is 1. The van der Waals surface area contributed by atoms with Gasteiger partial charge in [0.15, 0.2) is 23.6 Å². The average molecular weight is 926 g/mol. The molecule has 1 aromatic carbocycles. The van der Waals surface area contributed by atoms with E-state index in [1.54, 1.807) is 61.9 Å². The van der Waals surface area contributed by atoms with Crippen molar-refractivity contribution in [3.05, 3.63) is 81.7 Å². The number of methoxy groups -OCH3 is 1. The van der Waals surface area contributed by atoms with Gasteiger partial charge in [-0.1, -0.05) is 40.2 Å². The molecule has 4 amide bonds. The van der Waals surface area contributed by atoms with Crippen LogP contribution in [0.2, 0.25) is 4.34 Å². The van der Waals surface area contributed by atoms with Gasteiger partial charge < -0.3 is 33.6 Å². The number of nitrogens with zero attached hydrogens (tertiary/aromatic N) is 5. The SMILES string of the molecule is BOC(=O)[C@H](C)O/N=C(\C(=O)NC1C(=O)N2C(C(=O)OCc3ccc(OC)cc3)=C(C[n+]3cccc4c3ccn4CC(=O)NOC)CSC12)c1nc(NC(=O)OC(C)(C)C)sc1Cl. The van der Waals surface area contributed by atoms with E-state index in [0.717, 1.165) is 30.4 Å². The van der Waals surface area contributed by atoms with E-state index in [1.165, 1.54) is 37.8 Å². The van der Waals surface area contributed by atoms with Gasteiger partial charge in [0, 0.05) is 29.7 Å². The molecular weight excluding hydrogens is 883 g/mol. The molecule has 3 aromatic heterocycles. The lowest BCUT2D eigenvalue weighted by atomic mass is 10.0. The van der Waals surface area contributed by atoms with E-state index < -0.39 is 58.7 Å². The number of halogens is 1. The number of thioether (sulfide) groups is 1. The number of fused-ring (bicyclic) bond motifs is 2. The van der Waals surface area contributed by atoms with Crippen molar-refractivity contribution in [2.24, 2.45) is 5.16 Å². The third kappa shape index (κ3) is 10.9. The first-order valence-corrected chi connectivity index (χ1v) is 21.3. The number of esters is 1. The van der Waals surface area contributed by atoms with Crippen LogP contribution in [0.25, 0.3) is 11.0 Å². The Hall–Kier alpha value is -6.17. The van der Waals surface area contributed by atoms with Crippen molar-refractivity contribution in [3.63, 3.8) is 0 Å². The van der Waals surface area contributed by atoms with Crippen LogP contribution >= 0.6 is 34.7 Å². The van der Waals surface area contributed by atoms with Gasteiger partial charge in [-0.2, -0.15) is 4.57 Å². The smallest absolute Gasteiger partial charge is 0.413 e. The molecule has 2 unspecified atom stereocenters. The minimum absolute atomic E-state index is 0.00991. The number of amides is 4. The van der Waals surface area contributed by atoms with Crippen LogP contribution in [0.5, 0.6) is 5.75 Å². The highest BCUT2D eigenvalue weighted by Crippen LogP contribution is 2.41. The number of anilines is 1. The summed E-state index contributed by atoms with van der Waals surface area (Å²) in [7, 11) is 4.03. The minimum atomic E-state index is -1.27. The van der Waals surface area contributed by atoms with Crippen LogP contribution in [-0.2, 0) is 67.5 Å². The third-order valence-corrected chi connectivity index (χ3v) is 11.7. The summed E-state index contributed by atoms with van der Waals surface area (Å²) >= 11 is 8.61. The molecule has 0 aliphatic carbocycles. The molecule has 6 rings (SSSR count). The summed E-state index contributed by atoms with van der Waals surface area (Å²) in [5, 5.41) is 8.20. The summed E-state index contributed by atoms with van der Waals surface area (Å²) in [5.74, 6) is -2.66. The van der Waals surface area contributed by atoms with Gasteiger partial charge in [-0.3, -0.25) is 29.4 Å². The molecule has 0 radical (unpaired) electrons. The van der Waals surface area contributed by atoms with Crippen molar-refractivity contribution in [2.45, 2.75) is 70.5 Å². The molecule has 0 spiro atoms. The van der Waals surface area contributed by atoms with Crippen LogP contribution in [-0.4, -0.2) is 107 Å². The summed E-state index contributed by atoms with van der Waals surface area (Å²) in [5.41, 5.74) is 3.44. The first-order chi connectivity index (χ1) is 30.0. The van der Waals surface area contributed by atoms with E-state index in [-0.39, 0.29) is 52.2 Å². The topological polar surface area (TPSA) is 231 Å². The maximum atomic E-state index is 14.2. The molecule has 2 aliphatic heterocycles. The Kier molecular flexibility index (Phi) is 14.6. The molecule has 332 valence electrons. The molecule has 2 aliphatic rings. The number of hydrogen-bond acceptors (Lipinski definition) is 16. The van der Waals surface area contributed by atoms with Crippen molar-refractivity contribution in [1.82, 2.24) is 25.2 Å². The Bertz CT molecular complexity index is 2490. The number of nitrogens with one attached hydrogen (secondary N) is 3. The second-order valence-electron chi connectivity index (χ2n) is 14.8. The molecule has 0 bridgehead atoms. The normalized spacial score (nSPS) is 16.7. The summed E-state index contributed by atoms with van der Waals surface area (Å²) < 4.78 is 24.6. The number of ether oxygens (including phenoxy) is 3. The van der Waals surface area contributed by atoms with Gasteiger partial charge in [0.1, 0.15) is 57.2 Å². The van der Waals surface area contributed by atoms with E-state index in [4.69, 9.17) is 40.1 Å². The van der Waals surface area contributed by atoms with Gasteiger partial charge in [-0.15, -0.1) is 11.8 Å². The van der Waals surface area contributed by atoms with Gasteiger partial charge >= 0.3 is 26.1 Å². The third-order valence-electron chi connectivity index (χ3n) is 9.23. The highest BCUT2D eigenvalue weighted by Gasteiger charge is 2.55. The predicted octanol–water partition coefficient (Wildman–Crippen LogP) is 2.37. The lowest BCUT2D eigenvalue weighted by Crippen LogP contribution is -2.71. The number of rotatable bonds is 16. The number of benzene rings is 1. The Labute approximate surface area is 374 Å². The molecule has 5 heterocycles. The van der Waals surface area contributed by atoms with E-state index >= 15 is 0 Å². The van der Waals surface area contributed by atoms with Crippen LogP contribution in [0.4, 0.5) is 9.93 Å². The van der Waals surface area contributed by atoms with E-state index in [2.05, 4.69) is 26.3 Å². The van der Waals surface area contributed by atoms with Crippen LogP contribution in [0, 0.1) is 0 Å². The van der Waals surface area contributed by atoms with Gasteiger partial charge in [0.25, 0.3) is 17.7 Å². The van der Waals surface area contributed by atoms with Crippen LogP contribution < -0.4 is 25.4 Å².